The van der Waals surface area contributed by atoms with Crippen LogP contribution in [-0.4, -0.2) is 27.2 Å². The van der Waals surface area contributed by atoms with E-state index in [1.54, 1.807) is 48.5 Å². The molecule has 0 aliphatic heterocycles. The van der Waals surface area contributed by atoms with E-state index in [1.807, 2.05) is 31.2 Å². The zero-order chi connectivity index (χ0) is 23.1. The molecule has 0 aromatic heterocycles. The number of carbonyl (C=O) groups excluding carboxylic acids is 1. The summed E-state index contributed by atoms with van der Waals surface area (Å²) in [5.41, 5.74) is 2.53. The van der Waals surface area contributed by atoms with Crippen molar-refractivity contribution in [3.63, 3.8) is 0 Å². The summed E-state index contributed by atoms with van der Waals surface area (Å²) >= 11 is 6.20. The lowest BCUT2D eigenvalue weighted by molar-refractivity contribution is 0.0951. The van der Waals surface area contributed by atoms with Crippen LogP contribution in [0.15, 0.2) is 72.8 Å². The molecule has 3 aromatic carbocycles. The van der Waals surface area contributed by atoms with Crippen LogP contribution in [0.1, 0.15) is 28.4 Å². The molecular weight excluding hydrogens is 448 g/mol. The lowest BCUT2D eigenvalue weighted by Crippen LogP contribution is -2.29. The summed E-state index contributed by atoms with van der Waals surface area (Å²) in [6.07, 6.45) is 1.14. The first-order chi connectivity index (χ1) is 15.3. The molecule has 0 saturated heterocycles. The van der Waals surface area contributed by atoms with Gasteiger partial charge in [-0.1, -0.05) is 41.9 Å². The Labute approximate surface area is 193 Å². The van der Waals surface area contributed by atoms with Gasteiger partial charge in [-0.2, -0.15) is 0 Å². The Morgan fingerprint density at radius 3 is 2.25 bits per heavy atom. The Morgan fingerprint density at radius 1 is 1.00 bits per heavy atom. The van der Waals surface area contributed by atoms with Gasteiger partial charge in [0.25, 0.3) is 5.91 Å². The second-order valence-corrected chi connectivity index (χ2v) is 9.48. The predicted molar refractivity (Wildman–Crippen MR) is 128 cm³/mol. The van der Waals surface area contributed by atoms with Gasteiger partial charge in [-0.15, -0.1) is 0 Å². The van der Waals surface area contributed by atoms with Crippen molar-refractivity contribution in [2.75, 3.05) is 17.2 Å². The highest BCUT2D eigenvalue weighted by Crippen LogP contribution is 2.24. The van der Waals surface area contributed by atoms with Gasteiger partial charge < -0.3 is 10.1 Å². The molecule has 3 rings (SSSR count). The number of sulfonamides is 1. The third-order valence-electron chi connectivity index (χ3n) is 4.78. The minimum absolute atomic E-state index is 0.0990. The smallest absolute Gasteiger partial charge is 0.251 e. The molecular formula is C24H25ClN2O4S. The number of rotatable bonds is 9. The maximum Gasteiger partial charge on any atom is 0.251 e. The Bertz CT molecular complexity index is 1160. The predicted octanol–water partition coefficient (Wildman–Crippen LogP) is 4.63. The van der Waals surface area contributed by atoms with E-state index in [0.29, 0.717) is 35.0 Å². The number of ether oxygens (including phenoxy) is 1. The molecule has 3 aromatic rings. The van der Waals surface area contributed by atoms with Gasteiger partial charge in [-0.25, -0.2) is 8.42 Å². The first-order valence-electron chi connectivity index (χ1n) is 10.1. The van der Waals surface area contributed by atoms with Crippen molar-refractivity contribution >= 4 is 33.2 Å². The van der Waals surface area contributed by atoms with Crippen molar-refractivity contribution in [2.45, 2.75) is 20.0 Å². The van der Waals surface area contributed by atoms with E-state index in [2.05, 4.69) is 5.32 Å². The summed E-state index contributed by atoms with van der Waals surface area (Å²) in [7, 11) is -3.56. The van der Waals surface area contributed by atoms with E-state index in [-0.39, 0.29) is 12.5 Å². The maximum absolute atomic E-state index is 12.5. The molecule has 168 valence electrons. The number of carbonyl (C=O) groups is 1. The number of hydrogen-bond acceptors (Lipinski definition) is 4. The highest BCUT2D eigenvalue weighted by atomic mass is 35.5. The zero-order valence-electron chi connectivity index (χ0n) is 17.9. The Hall–Kier alpha value is -3.03. The molecule has 0 spiro atoms. The van der Waals surface area contributed by atoms with E-state index in [1.165, 1.54) is 4.31 Å². The molecule has 0 bridgehead atoms. The van der Waals surface area contributed by atoms with Gasteiger partial charge in [0.15, 0.2) is 0 Å². The molecule has 1 amide bonds. The minimum atomic E-state index is -3.56. The number of nitrogens with zero attached hydrogens (tertiary/aromatic N) is 1. The first-order valence-corrected chi connectivity index (χ1v) is 12.3. The van der Waals surface area contributed by atoms with Crippen LogP contribution in [0.3, 0.4) is 0 Å². The fraction of sp³-hybridized carbons (Fsp3) is 0.208. The van der Waals surface area contributed by atoms with Crippen LogP contribution in [0.25, 0.3) is 0 Å². The maximum atomic E-state index is 12.5. The highest BCUT2D eigenvalue weighted by Gasteiger charge is 2.19. The average Bonchev–Trinajstić information content (AvgIpc) is 2.77. The summed E-state index contributed by atoms with van der Waals surface area (Å²) < 4.78 is 31.4. The number of hydrogen-bond donors (Lipinski definition) is 1. The van der Waals surface area contributed by atoms with Crippen LogP contribution in [0.2, 0.25) is 5.02 Å². The van der Waals surface area contributed by atoms with Crippen molar-refractivity contribution in [3.05, 3.63) is 94.5 Å². The lowest BCUT2D eigenvalue weighted by Gasteiger charge is -2.23. The van der Waals surface area contributed by atoms with Crippen LogP contribution in [0, 0.1) is 0 Å². The second kappa shape index (κ2) is 10.5. The van der Waals surface area contributed by atoms with Crippen molar-refractivity contribution in [1.82, 2.24) is 5.32 Å². The van der Waals surface area contributed by atoms with Crippen molar-refractivity contribution in [1.29, 1.82) is 0 Å². The summed E-state index contributed by atoms with van der Waals surface area (Å²) in [6.45, 7) is 2.99. The molecule has 8 heteroatoms. The number of halogens is 1. The summed E-state index contributed by atoms with van der Waals surface area (Å²) in [6, 6.07) is 21.0. The van der Waals surface area contributed by atoms with Gasteiger partial charge in [0, 0.05) is 17.1 Å². The molecule has 1 N–H and O–H groups in total. The van der Waals surface area contributed by atoms with Crippen molar-refractivity contribution < 1.29 is 17.9 Å². The Kier molecular flexibility index (Phi) is 7.77. The van der Waals surface area contributed by atoms with Gasteiger partial charge in [0.1, 0.15) is 5.75 Å². The number of benzene rings is 3. The molecule has 0 fully saturated rings. The molecule has 6 nitrogen and oxygen atoms in total. The second-order valence-electron chi connectivity index (χ2n) is 7.17. The first kappa shape index (κ1) is 23.6. The quantitative estimate of drug-likeness (QED) is 0.492. The number of nitrogens with one attached hydrogen (secondary N) is 1. The van der Waals surface area contributed by atoms with Crippen LogP contribution < -0.4 is 14.4 Å². The van der Waals surface area contributed by atoms with E-state index in [9.17, 15) is 13.2 Å². The molecule has 0 unspecified atom stereocenters. The number of anilines is 1. The highest BCUT2D eigenvalue weighted by molar-refractivity contribution is 7.92. The largest absolute Gasteiger partial charge is 0.494 e. The van der Waals surface area contributed by atoms with Crippen LogP contribution >= 0.6 is 11.6 Å². The van der Waals surface area contributed by atoms with E-state index < -0.39 is 10.0 Å². The average molecular weight is 473 g/mol. The minimum Gasteiger partial charge on any atom is -0.494 e. The summed E-state index contributed by atoms with van der Waals surface area (Å²) in [5.74, 6) is 0.535. The Morgan fingerprint density at radius 2 is 1.66 bits per heavy atom. The normalized spacial score (nSPS) is 11.1. The van der Waals surface area contributed by atoms with E-state index >= 15 is 0 Å². The van der Waals surface area contributed by atoms with Crippen LogP contribution in [-0.2, 0) is 23.1 Å². The molecule has 32 heavy (non-hydrogen) atoms. The number of amides is 1. The SMILES string of the molecule is CCOc1ccc(CNC(=O)c2ccc(N(Cc3ccccc3Cl)S(C)(=O)=O)cc2)cc1. The summed E-state index contributed by atoms with van der Waals surface area (Å²) in [5, 5.41) is 3.36. The van der Waals surface area contributed by atoms with Crippen LogP contribution in [0.5, 0.6) is 5.75 Å². The summed E-state index contributed by atoms with van der Waals surface area (Å²) in [4.78, 5) is 12.5. The third-order valence-corrected chi connectivity index (χ3v) is 6.29. The third kappa shape index (κ3) is 6.24. The van der Waals surface area contributed by atoms with Gasteiger partial charge in [0.05, 0.1) is 25.1 Å². The molecule has 0 aliphatic rings. The van der Waals surface area contributed by atoms with Gasteiger partial charge in [-0.3, -0.25) is 9.10 Å². The van der Waals surface area contributed by atoms with Crippen molar-refractivity contribution in [2.24, 2.45) is 0 Å². The van der Waals surface area contributed by atoms with Crippen LogP contribution in [0.4, 0.5) is 5.69 Å². The molecule has 0 aliphatic carbocycles. The fourth-order valence-corrected chi connectivity index (χ4v) is 4.19. The zero-order valence-corrected chi connectivity index (χ0v) is 19.5. The van der Waals surface area contributed by atoms with Crippen molar-refractivity contribution in [3.8, 4) is 5.75 Å². The molecule has 0 heterocycles. The van der Waals surface area contributed by atoms with Gasteiger partial charge in [-0.05, 0) is 60.5 Å². The topological polar surface area (TPSA) is 75.7 Å². The Balaban J connectivity index is 1.69. The van der Waals surface area contributed by atoms with Gasteiger partial charge >= 0.3 is 0 Å². The molecule has 0 saturated carbocycles. The monoisotopic (exact) mass is 472 g/mol. The standard InChI is InChI=1S/C24H25ClN2O4S/c1-3-31-22-14-8-18(9-15-22)16-26-24(28)19-10-12-21(13-11-19)27(32(2,29)30)17-20-6-4-5-7-23(20)25/h4-15H,3,16-17H2,1-2H3,(H,26,28). The molecule has 0 atom stereocenters. The lowest BCUT2D eigenvalue weighted by atomic mass is 10.1. The van der Waals surface area contributed by atoms with E-state index in [0.717, 1.165) is 17.6 Å². The van der Waals surface area contributed by atoms with Gasteiger partial charge in [0.2, 0.25) is 10.0 Å². The van der Waals surface area contributed by atoms with E-state index in [4.69, 9.17) is 16.3 Å². The molecule has 0 radical (unpaired) electrons. The fourth-order valence-electron chi connectivity index (χ4n) is 3.12.